The highest BCUT2D eigenvalue weighted by atomic mass is 16.4. The van der Waals surface area contributed by atoms with E-state index in [1.165, 1.54) is 0 Å². The largest absolute Gasteiger partial charge is 0.465 e. The normalized spacial score (nSPS) is 19.2. The highest BCUT2D eigenvalue weighted by Crippen LogP contribution is 2.33. The molecule has 1 aromatic heterocycles. The van der Waals surface area contributed by atoms with Crippen molar-refractivity contribution in [2.24, 2.45) is 5.41 Å². The molecule has 4 rings (SSSR count). The Hall–Kier alpha value is -3.35. The van der Waals surface area contributed by atoms with Crippen LogP contribution in [0.25, 0.3) is 11.0 Å². The summed E-state index contributed by atoms with van der Waals surface area (Å²) in [5.41, 5.74) is 2.21. The van der Waals surface area contributed by atoms with Crippen LogP contribution in [0.15, 0.2) is 54.6 Å². The maximum atomic E-state index is 13.0. The van der Waals surface area contributed by atoms with Crippen molar-refractivity contribution in [1.29, 1.82) is 0 Å². The van der Waals surface area contributed by atoms with Gasteiger partial charge in [0.15, 0.2) is 5.78 Å². The van der Waals surface area contributed by atoms with Crippen molar-refractivity contribution in [1.82, 2.24) is 14.5 Å². The van der Waals surface area contributed by atoms with Gasteiger partial charge in [0.25, 0.3) is 0 Å². The number of ketones is 1. The van der Waals surface area contributed by atoms with Crippen LogP contribution >= 0.6 is 0 Å². The lowest BCUT2D eigenvalue weighted by molar-refractivity contribution is 0.0556. The van der Waals surface area contributed by atoms with Gasteiger partial charge in [-0.2, -0.15) is 0 Å². The first kappa shape index (κ1) is 21.9. The van der Waals surface area contributed by atoms with Crippen molar-refractivity contribution in [3.63, 3.8) is 0 Å². The van der Waals surface area contributed by atoms with Gasteiger partial charge < -0.3 is 19.9 Å². The maximum Gasteiger partial charge on any atom is 0.407 e. The number of para-hydroxylation sites is 2. The molecule has 2 atom stereocenters. The van der Waals surface area contributed by atoms with Gasteiger partial charge >= 0.3 is 6.09 Å². The van der Waals surface area contributed by atoms with Gasteiger partial charge in [0.05, 0.1) is 17.6 Å². The topological polar surface area (TPSA) is 87.5 Å². The third-order valence-electron chi connectivity index (χ3n) is 6.23. The molecule has 1 saturated heterocycles. The summed E-state index contributed by atoms with van der Waals surface area (Å²) in [6.45, 7) is 6.87. The van der Waals surface area contributed by atoms with E-state index in [-0.39, 0.29) is 29.8 Å². The molecule has 168 valence electrons. The second-order valence-electron chi connectivity index (χ2n) is 9.52. The summed E-state index contributed by atoms with van der Waals surface area (Å²) in [5, 5.41) is 13.2. The number of anilines is 1. The van der Waals surface area contributed by atoms with Gasteiger partial charge in [-0.15, -0.1) is 0 Å². The molecule has 2 unspecified atom stereocenters. The van der Waals surface area contributed by atoms with E-state index >= 15 is 0 Å². The fourth-order valence-electron chi connectivity index (χ4n) is 4.53. The summed E-state index contributed by atoms with van der Waals surface area (Å²) in [4.78, 5) is 31.0. The van der Waals surface area contributed by atoms with E-state index in [9.17, 15) is 14.7 Å². The van der Waals surface area contributed by atoms with E-state index in [2.05, 4.69) is 26.1 Å². The van der Waals surface area contributed by atoms with Crippen LogP contribution in [0.4, 0.5) is 10.7 Å². The fourth-order valence-corrected chi connectivity index (χ4v) is 4.53. The maximum absolute atomic E-state index is 13.0. The molecular formula is C25H30N4O3. The van der Waals surface area contributed by atoms with Gasteiger partial charge in [-0.05, 0) is 30.4 Å². The minimum absolute atomic E-state index is 0.0186. The quantitative estimate of drug-likeness (QED) is 0.559. The number of carbonyl (C=O) groups is 2. The first-order chi connectivity index (χ1) is 15.2. The van der Waals surface area contributed by atoms with Crippen LogP contribution in [0.5, 0.6) is 0 Å². The van der Waals surface area contributed by atoms with Crippen LogP contribution < -0.4 is 5.32 Å². The molecule has 0 saturated carbocycles. The molecule has 32 heavy (non-hydrogen) atoms. The van der Waals surface area contributed by atoms with Crippen LogP contribution in [0, 0.1) is 5.41 Å². The summed E-state index contributed by atoms with van der Waals surface area (Å²) >= 11 is 0. The van der Waals surface area contributed by atoms with Crippen molar-refractivity contribution < 1.29 is 14.7 Å². The van der Waals surface area contributed by atoms with Gasteiger partial charge in [0, 0.05) is 24.2 Å². The van der Waals surface area contributed by atoms with Crippen molar-refractivity contribution in [2.45, 2.75) is 52.2 Å². The number of carbonyl (C=O) groups excluding carboxylic acids is 1. The third kappa shape index (κ3) is 4.47. The van der Waals surface area contributed by atoms with Crippen molar-refractivity contribution in [3.8, 4) is 0 Å². The standard InChI is InChI=1S/C25H30N4O3/c1-25(2,3)22-15-18(13-14-28(22)24(31)32)26-23-27-19-11-7-8-12-20(19)29(23)16-21(30)17-9-5-4-6-10-17/h4-12,18,22H,13-16H2,1-3H3,(H,26,27)(H,31,32). The van der Waals surface area contributed by atoms with E-state index in [0.29, 0.717) is 30.9 Å². The predicted octanol–water partition coefficient (Wildman–Crippen LogP) is 4.89. The summed E-state index contributed by atoms with van der Waals surface area (Å²) in [6.07, 6.45) is 0.504. The fraction of sp³-hybridized carbons (Fsp3) is 0.400. The number of benzene rings is 2. The Labute approximate surface area is 188 Å². The molecule has 0 radical (unpaired) electrons. The zero-order valence-corrected chi connectivity index (χ0v) is 18.8. The number of hydrogen-bond donors (Lipinski definition) is 2. The molecule has 7 nitrogen and oxygen atoms in total. The van der Waals surface area contributed by atoms with E-state index < -0.39 is 6.09 Å². The smallest absolute Gasteiger partial charge is 0.407 e. The van der Waals surface area contributed by atoms with Crippen LogP contribution in [0.2, 0.25) is 0 Å². The summed E-state index contributed by atoms with van der Waals surface area (Å²) in [5.74, 6) is 0.669. The number of Topliss-reactive ketones (excluding diaryl/α,β-unsaturated/α-hetero) is 1. The molecule has 2 N–H and O–H groups in total. The molecule has 0 bridgehead atoms. The lowest BCUT2D eigenvalue weighted by Crippen LogP contribution is -2.54. The van der Waals surface area contributed by atoms with Crippen LogP contribution in [-0.4, -0.2) is 50.1 Å². The zero-order chi connectivity index (χ0) is 22.9. The van der Waals surface area contributed by atoms with Gasteiger partial charge in [0.1, 0.15) is 0 Å². The molecule has 1 fully saturated rings. The Balaban J connectivity index is 1.61. The molecule has 0 spiro atoms. The third-order valence-corrected chi connectivity index (χ3v) is 6.23. The number of fused-ring (bicyclic) bond motifs is 1. The zero-order valence-electron chi connectivity index (χ0n) is 18.8. The molecule has 2 aromatic carbocycles. The van der Waals surface area contributed by atoms with E-state index in [1.807, 2.05) is 59.2 Å². The second kappa shape index (κ2) is 8.65. The lowest BCUT2D eigenvalue weighted by atomic mass is 9.79. The second-order valence-corrected chi connectivity index (χ2v) is 9.52. The Kier molecular flexibility index (Phi) is 5.91. The number of imidazole rings is 1. The molecule has 1 aliphatic rings. The lowest BCUT2D eigenvalue weighted by Gasteiger charge is -2.44. The monoisotopic (exact) mass is 434 g/mol. The van der Waals surface area contributed by atoms with Crippen molar-refractivity contribution >= 4 is 28.9 Å². The molecule has 7 heteroatoms. The van der Waals surface area contributed by atoms with E-state index in [1.54, 1.807) is 4.90 Å². The number of aromatic nitrogens is 2. The van der Waals surface area contributed by atoms with E-state index in [4.69, 9.17) is 4.98 Å². The first-order valence-corrected chi connectivity index (χ1v) is 11.0. The Morgan fingerprint density at radius 3 is 2.47 bits per heavy atom. The first-order valence-electron chi connectivity index (χ1n) is 11.0. The molecule has 1 amide bonds. The van der Waals surface area contributed by atoms with Crippen LogP contribution in [-0.2, 0) is 6.54 Å². The average Bonchev–Trinajstić information content (AvgIpc) is 3.10. The molecule has 3 aromatic rings. The summed E-state index contributed by atoms with van der Waals surface area (Å²) in [7, 11) is 0. The minimum Gasteiger partial charge on any atom is -0.465 e. The number of nitrogens with one attached hydrogen (secondary N) is 1. The Bertz CT molecular complexity index is 1120. The molecule has 0 aliphatic carbocycles. The number of carboxylic acid groups (broad SMARTS) is 1. The number of likely N-dealkylation sites (tertiary alicyclic amines) is 1. The average molecular weight is 435 g/mol. The summed E-state index contributed by atoms with van der Waals surface area (Å²) < 4.78 is 1.93. The number of amides is 1. The molecule has 1 aliphatic heterocycles. The number of hydrogen-bond acceptors (Lipinski definition) is 4. The Morgan fingerprint density at radius 1 is 1.09 bits per heavy atom. The van der Waals surface area contributed by atoms with Crippen LogP contribution in [0.1, 0.15) is 44.0 Å². The highest BCUT2D eigenvalue weighted by Gasteiger charge is 2.39. The number of nitrogens with zero attached hydrogens (tertiary/aromatic N) is 3. The predicted molar refractivity (Wildman–Crippen MR) is 125 cm³/mol. The molecule has 2 heterocycles. The van der Waals surface area contributed by atoms with Crippen molar-refractivity contribution in [3.05, 3.63) is 60.2 Å². The van der Waals surface area contributed by atoms with Gasteiger partial charge in [-0.1, -0.05) is 63.2 Å². The van der Waals surface area contributed by atoms with Gasteiger partial charge in [-0.3, -0.25) is 4.79 Å². The number of piperidine rings is 1. The molecular weight excluding hydrogens is 404 g/mol. The van der Waals surface area contributed by atoms with E-state index in [0.717, 1.165) is 11.0 Å². The van der Waals surface area contributed by atoms with Gasteiger partial charge in [0.2, 0.25) is 5.95 Å². The SMILES string of the molecule is CC(C)(C)C1CC(Nc2nc3ccccc3n2CC(=O)c2ccccc2)CCN1C(=O)O. The summed E-state index contributed by atoms with van der Waals surface area (Å²) in [6, 6.07) is 17.0. The minimum atomic E-state index is -0.871. The highest BCUT2D eigenvalue weighted by molar-refractivity contribution is 5.97. The Morgan fingerprint density at radius 2 is 1.78 bits per heavy atom. The van der Waals surface area contributed by atoms with Gasteiger partial charge in [-0.25, -0.2) is 9.78 Å². The van der Waals surface area contributed by atoms with Crippen LogP contribution in [0.3, 0.4) is 0 Å². The van der Waals surface area contributed by atoms with Crippen molar-refractivity contribution in [2.75, 3.05) is 11.9 Å². The number of rotatable bonds is 5.